The summed E-state index contributed by atoms with van der Waals surface area (Å²) < 4.78 is 11.7. The number of carbonyl (C=O) groups excluding carboxylic acids is 1. The molecule has 13 heteroatoms. The van der Waals surface area contributed by atoms with Crippen LogP contribution in [0.2, 0.25) is 0 Å². The topological polar surface area (TPSA) is 149 Å². The van der Waals surface area contributed by atoms with E-state index in [4.69, 9.17) is 9.47 Å². The van der Waals surface area contributed by atoms with Gasteiger partial charge in [0, 0.05) is 29.2 Å². The maximum absolute atomic E-state index is 12.7. The highest BCUT2D eigenvalue weighted by molar-refractivity contribution is 9.10. The molecule has 0 spiro atoms. The number of benzene rings is 2. The molecule has 1 aromatic heterocycles. The number of halogens is 1. The summed E-state index contributed by atoms with van der Waals surface area (Å²) in [6, 6.07) is 9.13. The molecule has 0 saturated carbocycles. The lowest BCUT2D eigenvalue weighted by Crippen LogP contribution is -2.43. The minimum absolute atomic E-state index is 0.0929. The predicted molar refractivity (Wildman–Crippen MR) is 126 cm³/mol. The summed E-state index contributed by atoms with van der Waals surface area (Å²) in [5.74, 6) is -0.575. The molecule has 0 unspecified atom stereocenters. The van der Waals surface area contributed by atoms with Gasteiger partial charge in [-0.25, -0.2) is 4.79 Å². The van der Waals surface area contributed by atoms with Gasteiger partial charge in [-0.2, -0.15) is 5.10 Å². The Kier molecular flexibility index (Phi) is 6.84. The van der Waals surface area contributed by atoms with Crippen molar-refractivity contribution < 1.29 is 19.2 Å². The lowest BCUT2D eigenvalue weighted by Gasteiger charge is -2.26. The number of ether oxygens (including phenoxy) is 2. The van der Waals surface area contributed by atoms with Gasteiger partial charge in [0.2, 0.25) is 5.75 Å². The molecule has 0 atom stereocenters. The third-order valence-electron chi connectivity index (χ3n) is 5.06. The standard InChI is InChI=1S/C21H18BrN5O7/c22-14-9-13(11-23-26-20(29)15-3-1-2-4-16(15)24-21(26)30)19(17(10-14)27(31)32)34-12-18(28)25-5-7-33-8-6-25/h1-4,9-11H,5-8,12H2,(H,24,30). The predicted octanol–water partition coefficient (Wildman–Crippen LogP) is 1.48. The highest BCUT2D eigenvalue weighted by atomic mass is 79.9. The number of rotatable bonds is 6. The van der Waals surface area contributed by atoms with E-state index in [0.717, 1.165) is 6.21 Å². The van der Waals surface area contributed by atoms with E-state index in [9.17, 15) is 24.5 Å². The molecule has 2 heterocycles. The van der Waals surface area contributed by atoms with Crippen LogP contribution in [0.4, 0.5) is 5.69 Å². The Hall–Kier alpha value is -3.84. The highest BCUT2D eigenvalue weighted by Gasteiger charge is 2.23. The lowest BCUT2D eigenvalue weighted by atomic mass is 10.2. The summed E-state index contributed by atoms with van der Waals surface area (Å²) in [6.07, 6.45) is 1.09. The molecule has 1 saturated heterocycles. The second-order valence-corrected chi connectivity index (χ2v) is 8.14. The van der Waals surface area contributed by atoms with Gasteiger partial charge in [-0.15, -0.1) is 4.68 Å². The van der Waals surface area contributed by atoms with Crippen LogP contribution in [0.15, 0.2) is 55.6 Å². The van der Waals surface area contributed by atoms with Gasteiger partial charge in [0.05, 0.1) is 35.3 Å². The van der Waals surface area contributed by atoms with Crippen LogP contribution in [-0.2, 0) is 9.53 Å². The first kappa shape index (κ1) is 23.3. The number of aromatic nitrogens is 2. The van der Waals surface area contributed by atoms with E-state index in [-0.39, 0.29) is 22.6 Å². The Labute approximate surface area is 199 Å². The minimum atomic E-state index is -0.783. The smallest absolute Gasteiger partial charge is 0.349 e. The van der Waals surface area contributed by atoms with Crippen molar-refractivity contribution in [3.05, 3.63) is 77.4 Å². The van der Waals surface area contributed by atoms with Crippen LogP contribution in [-0.4, -0.2) is 64.5 Å². The van der Waals surface area contributed by atoms with Crippen LogP contribution in [0.25, 0.3) is 10.9 Å². The third kappa shape index (κ3) is 4.89. The van der Waals surface area contributed by atoms with Crippen molar-refractivity contribution in [3.8, 4) is 5.75 Å². The molecule has 34 heavy (non-hydrogen) atoms. The van der Waals surface area contributed by atoms with Crippen molar-refractivity contribution in [2.24, 2.45) is 5.10 Å². The van der Waals surface area contributed by atoms with E-state index in [0.29, 0.717) is 41.0 Å². The molecule has 1 fully saturated rings. The number of nitro groups is 1. The molecule has 0 radical (unpaired) electrons. The van der Waals surface area contributed by atoms with Crippen LogP contribution in [0.3, 0.4) is 0 Å². The molecule has 1 N–H and O–H groups in total. The van der Waals surface area contributed by atoms with Crippen LogP contribution in [0, 0.1) is 10.1 Å². The number of carbonyl (C=O) groups is 1. The molecule has 3 aromatic rings. The number of nitro benzene ring substituents is 1. The summed E-state index contributed by atoms with van der Waals surface area (Å²) in [5, 5.41) is 15.8. The second-order valence-electron chi connectivity index (χ2n) is 7.22. The molecule has 0 bridgehead atoms. The Balaban J connectivity index is 1.70. The van der Waals surface area contributed by atoms with Crippen LogP contribution in [0.5, 0.6) is 5.75 Å². The number of aromatic amines is 1. The van der Waals surface area contributed by atoms with Gasteiger partial charge in [0.1, 0.15) is 0 Å². The summed E-state index contributed by atoms with van der Waals surface area (Å²) in [4.78, 5) is 52.6. The minimum Gasteiger partial charge on any atom is -0.476 e. The summed E-state index contributed by atoms with van der Waals surface area (Å²) in [5.41, 5.74) is -1.41. The molecular weight excluding hydrogens is 514 g/mol. The molecule has 1 aliphatic heterocycles. The molecule has 4 rings (SSSR count). The van der Waals surface area contributed by atoms with E-state index < -0.39 is 28.5 Å². The number of hydrogen-bond donors (Lipinski definition) is 1. The van der Waals surface area contributed by atoms with E-state index in [1.807, 2.05) is 0 Å². The number of morpholine rings is 1. The summed E-state index contributed by atoms with van der Waals surface area (Å²) in [6.45, 7) is 1.15. The zero-order valence-electron chi connectivity index (χ0n) is 17.6. The Morgan fingerprint density at radius 3 is 2.74 bits per heavy atom. The number of H-pyrrole nitrogens is 1. The fourth-order valence-corrected chi connectivity index (χ4v) is 3.87. The quantitative estimate of drug-likeness (QED) is 0.287. The van der Waals surface area contributed by atoms with E-state index in [1.165, 1.54) is 23.1 Å². The molecule has 1 aliphatic rings. The first-order valence-electron chi connectivity index (χ1n) is 10.1. The molecular formula is C21H18BrN5O7. The maximum Gasteiger partial charge on any atom is 0.349 e. The van der Waals surface area contributed by atoms with Crippen molar-refractivity contribution in [3.63, 3.8) is 0 Å². The molecule has 176 valence electrons. The van der Waals surface area contributed by atoms with E-state index in [2.05, 4.69) is 26.0 Å². The number of amides is 1. The fraction of sp³-hybridized carbons (Fsp3) is 0.238. The Morgan fingerprint density at radius 1 is 1.26 bits per heavy atom. The summed E-state index contributed by atoms with van der Waals surface area (Å²) in [7, 11) is 0. The fourth-order valence-electron chi connectivity index (χ4n) is 3.40. The van der Waals surface area contributed by atoms with Gasteiger partial charge in [-0.05, 0) is 18.2 Å². The number of nitrogens with zero attached hydrogens (tertiary/aromatic N) is 4. The Morgan fingerprint density at radius 2 is 2.00 bits per heavy atom. The Bertz CT molecular complexity index is 1410. The molecule has 1 amide bonds. The van der Waals surface area contributed by atoms with Crippen molar-refractivity contribution >= 4 is 44.6 Å². The van der Waals surface area contributed by atoms with Crippen LogP contribution in [0.1, 0.15) is 5.56 Å². The van der Waals surface area contributed by atoms with Crippen molar-refractivity contribution in [1.82, 2.24) is 14.6 Å². The lowest BCUT2D eigenvalue weighted by molar-refractivity contribution is -0.385. The van der Waals surface area contributed by atoms with Gasteiger partial charge in [-0.1, -0.05) is 28.1 Å². The van der Waals surface area contributed by atoms with E-state index >= 15 is 0 Å². The molecule has 0 aliphatic carbocycles. The van der Waals surface area contributed by atoms with Gasteiger partial charge >= 0.3 is 11.4 Å². The first-order valence-corrected chi connectivity index (χ1v) is 10.9. The summed E-state index contributed by atoms with van der Waals surface area (Å²) >= 11 is 3.20. The van der Waals surface area contributed by atoms with Crippen LogP contribution >= 0.6 is 15.9 Å². The third-order valence-corrected chi connectivity index (χ3v) is 5.52. The van der Waals surface area contributed by atoms with Gasteiger partial charge in [0.15, 0.2) is 6.61 Å². The second kappa shape index (κ2) is 9.97. The normalized spacial score (nSPS) is 14.0. The number of hydrogen-bond acceptors (Lipinski definition) is 8. The number of fused-ring (bicyclic) bond motifs is 1. The van der Waals surface area contributed by atoms with Crippen LogP contribution < -0.4 is 16.0 Å². The van der Waals surface area contributed by atoms with Crippen molar-refractivity contribution in [2.45, 2.75) is 0 Å². The van der Waals surface area contributed by atoms with Gasteiger partial charge in [-0.3, -0.25) is 19.7 Å². The zero-order chi connectivity index (χ0) is 24.2. The van der Waals surface area contributed by atoms with Crippen molar-refractivity contribution in [2.75, 3.05) is 32.9 Å². The monoisotopic (exact) mass is 531 g/mol. The largest absolute Gasteiger partial charge is 0.476 e. The SMILES string of the molecule is O=C(COc1c(C=Nn2c(=O)[nH]c3ccccc3c2=O)cc(Br)cc1[N+](=O)[O-])N1CCOCC1. The van der Waals surface area contributed by atoms with Crippen molar-refractivity contribution in [1.29, 1.82) is 0 Å². The molecule has 2 aromatic carbocycles. The maximum atomic E-state index is 12.7. The first-order chi connectivity index (χ1) is 16.3. The zero-order valence-corrected chi connectivity index (χ0v) is 19.2. The average molecular weight is 532 g/mol. The van der Waals surface area contributed by atoms with Gasteiger partial charge in [0.25, 0.3) is 11.5 Å². The highest BCUT2D eigenvalue weighted by Crippen LogP contribution is 2.34. The number of para-hydroxylation sites is 1. The average Bonchev–Trinajstić information content (AvgIpc) is 2.83. The van der Waals surface area contributed by atoms with Gasteiger partial charge < -0.3 is 19.4 Å². The molecule has 12 nitrogen and oxygen atoms in total. The van der Waals surface area contributed by atoms with E-state index in [1.54, 1.807) is 18.2 Å². The number of nitrogens with one attached hydrogen (secondary N) is 1.